The number of hydrogen-bond acceptors (Lipinski definition) is 2. The molecule has 1 heterocycles. The molecular weight excluding hydrogens is 150 g/mol. The second-order valence-corrected chi connectivity index (χ2v) is 4.20. The summed E-state index contributed by atoms with van der Waals surface area (Å²) < 4.78 is 0. The van der Waals surface area contributed by atoms with Gasteiger partial charge in [0.2, 0.25) is 0 Å². The molecule has 0 aromatic heterocycles. The van der Waals surface area contributed by atoms with Crippen molar-refractivity contribution in [1.82, 2.24) is 4.90 Å². The molecular formula is C10H21NO. The largest absolute Gasteiger partial charge is 0.395 e. The second kappa shape index (κ2) is 4.24. The van der Waals surface area contributed by atoms with Gasteiger partial charge in [-0.2, -0.15) is 0 Å². The van der Waals surface area contributed by atoms with Crippen LogP contribution in [0, 0.1) is 11.8 Å². The molecule has 2 heteroatoms. The van der Waals surface area contributed by atoms with Crippen LogP contribution in [0.1, 0.15) is 27.2 Å². The average molecular weight is 171 g/mol. The molecule has 1 rings (SSSR count). The van der Waals surface area contributed by atoms with E-state index >= 15 is 0 Å². The Labute approximate surface area is 75.6 Å². The third-order valence-corrected chi connectivity index (χ3v) is 3.08. The Morgan fingerprint density at radius 3 is 2.33 bits per heavy atom. The van der Waals surface area contributed by atoms with E-state index in [1.165, 1.54) is 13.1 Å². The summed E-state index contributed by atoms with van der Waals surface area (Å²) >= 11 is 0. The molecule has 1 aliphatic heterocycles. The summed E-state index contributed by atoms with van der Waals surface area (Å²) in [6.45, 7) is 9.40. The van der Waals surface area contributed by atoms with E-state index in [0.29, 0.717) is 12.6 Å². The van der Waals surface area contributed by atoms with E-state index in [2.05, 4.69) is 25.7 Å². The van der Waals surface area contributed by atoms with Crippen LogP contribution in [0.2, 0.25) is 0 Å². The zero-order valence-corrected chi connectivity index (χ0v) is 8.45. The maximum Gasteiger partial charge on any atom is 0.0586 e. The fraction of sp³-hybridized carbons (Fsp3) is 1.00. The molecule has 0 saturated carbocycles. The van der Waals surface area contributed by atoms with Crippen molar-refractivity contribution in [2.24, 2.45) is 11.8 Å². The van der Waals surface area contributed by atoms with Crippen LogP contribution in [-0.2, 0) is 0 Å². The fourth-order valence-corrected chi connectivity index (χ4v) is 1.77. The van der Waals surface area contributed by atoms with Crippen LogP contribution < -0.4 is 0 Å². The Kier molecular flexibility index (Phi) is 3.53. The summed E-state index contributed by atoms with van der Waals surface area (Å²) in [6, 6.07) is 0.417. The minimum Gasteiger partial charge on any atom is -0.395 e. The molecule has 1 saturated heterocycles. The third kappa shape index (κ3) is 1.99. The van der Waals surface area contributed by atoms with Gasteiger partial charge in [0.1, 0.15) is 0 Å². The molecule has 0 radical (unpaired) electrons. The highest BCUT2D eigenvalue weighted by Gasteiger charge is 2.32. The summed E-state index contributed by atoms with van der Waals surface area (Å²) in [7, 11) is 0. The van der Waals surface area contributed by atoms with Crippen molar-refractivity contribution in [2.75, 3.05) is 19.7 Å². The van der Waals surface area contributed by atoms with Gasteiger partial charge < -0.3 is 5.11 Å². The van der Waals surface area contributed by atoms with Crippen molar-refractivity contribution in [3.8, 4) is 0 Å². The van der Waals surface area contributed by atoms with Crippen LogP contribution >= 0.6 is 0 Å². The van der Waals surface area contributed by atoms with E-state index in [9.17, 15) is 0 Å². The van der Waals surface area contributed by atoms with Crippen LogP contribution in [0.15, 0.2) is 0 Å². The summed E-state index contributed by atoms with van der Waals surface area (Å²) in [5, 5.41) is 9.04. The number of hydrogen-bond donors (Lipinski definition) is 1. The van der Waals surface area contributed by atoms with Gasteiger partial charge in [0.05, 0.1) is 6.61 Å². The van der Waals surface area contributed by atoms with Crippen molar-refractivity contribution in [2.45, 2.75) is 33.2 Å². The molecule has 1 aliphatic rings. The Morgan fingerprint density at radius 2 is 2.00 bits per heavy atom. The predicted octanol–water partition coefficient (Wildman–Crippen LogP) is 1.35. The van der Waals surface area contributed by atoms with Crippen molar-refractivity contribution in [1.29, 1.82) is 0 Å². The topological polar surface area (TPSA) is 23.5 Å². The Balaban J connectivity index is 2.23. The normalized spacial score (nSPS) is 22.8. The molecule has 0 aromatic rings. The SMILES string of the molecule is CCC(CO)N1CC(C(C)C)C1. The minimum absolute atomic E-state index is 0.321. The Morgan fingerprint density at radius 1 is 1.42 bits per heavy atom. The van der Waals surface area contributed by atoms with Crippen molar-refractivity contribution < 1.29 is 5.11 Å². The monoisotopic (exact) mass is 171 g/mol. The molecule has 72 valence electrons. The standard InChI is InChI=1S/C10H21NO/c1-4-10(7-12)11-5-9(6-11)8(2)3/h8-10,12H,4-7H2,1-3H3. The highest BCUT2D eigenvalue weighted by molar-refractivity contribution is 4.85. The molecule has 0 spiro atoms. The smallest absolute Gasteiger partial charge is 0.0586 e. The molecule has 1 unspecified atom stereocenters. The lowest BCUT2D eigenvalue weighted by molar-refractivity contribution is 0.00357. The lowest BCUT2D eigenvalue weighted by Crippen LogP contribution is -2.54. The highest BCUT2D eigenvalue weighted by Crippen LogP contribution is 2.25. The quantitative estimate of drug-likeness (QED) is 0.690. The van der Waals surface area contributed by atoms with Crippen LogP contribution in [0.3, 0.4) is 0 Å². The van der Waals surface area contributed by atoms with E-state index in [1.807, 2.05) is 0 Å². The lowest BCUT2D eigenvalue weighted by atomic mass is 9.87. The molecule has 1 atom stereocenters. The van der Waals surface area contributed by atoms with Gasteiger partial charge in [-0.3, -0.25) is 4.90 Å². The number of nitrogens with zero attached hydrogens (tertiary/aromatic N) is 1. The van der Waals surface area contributed by atoms with E-state index in [1.54, 1.807) is 0 Å². The first-order valence-electron chi connectivity index (χ1n) is 5.04. The predicted molar refractivity (Wildman–Crippen MR) is 51.1 cm³/mol. The molecule has 1 fully saturated rings. The van der Waals surface area contributed by atoms with Gasteiger partial charge in [-0.15, -0.1) is 0 Å². The van der Waals surface area contributed by atoms with Gasteiger partial charge in [-0.05, 0) is 18.3 Å². The first-order chi connectivity index (χ1) is 5.69. The molecule has 0 amide bonds. The van der Waals surface area contributed by atoms with Gasteiger partial charge in [-0.1, -0.05) is 20.8 Å². The van der Waals surface area contributed by atoms with Gasteiger partial charge in [0.25, 0.3) is 0 Å². The molecule has 1 N–H and O–H groups in total. The third-order valence-electron chi connectivity index (χ3n) is 3.08. The fourth-order valence-electron chi connectivity index (χ4n) is 1.77. The number of aliphatic hydroxyl groups excluding tert-OH is 1. The number of likely N-dealkylation sites (tertiary alicyclic amines) is 1. The van der Waals surface area contributed by atoms with Gasteiger partial charge in [0, 0.05) is 19.1 Å². The summed E-state index contributed by atoms with van der Waals surface area (Å²) in [6.07, 6.45) is 1.07. The van der Waals surface area contributed by atoms with Crippen LogP contribution in [0.5, 0.6) is 0 Å². The van der Waals surface area contributed by atoms with E-state index < -0.39 is 0 Å². The van der Waals surface area contributed by atoms with Gasteiger partial charge in [-0.25, -0.2) is 0 Å². The lowest BCUT2D eigenvalue weighted by Gasteiger charge is -2.45. The van der Waals surface area contributed by atoms with Gasteiger partial charge >= 0.3 is 0 Å². The zero-order chi connectivity index (χ0) is 9.14. The minimum atomic E-state index is 0.321. The van der Waals surface area contributed by atoms with Crippen molar-refractivity contribution in [3.05, 3.63) is 0 Å². The summed E-state index contributed by atoms with van der Waals surface area (Å²) in [5.74, 6) is 1.67. The summed E-state index contributed by atoms with van der Waals surface area (Å²) in [5.41, 5.74) is 0. The van der Waals surface area contributed by atoms with E-state index in [0.717, 1.165) is 18.3 Å². The van der Waals surface area contributed by atoms with Crippen LogP contribution in [0.25, 0.3) is 0 Å². The van der Waals surface area contributed by atoms with Crippen molar-refractivity contribution in [3.63, 3.8) is 0 Å². The molecule has 0 aromatic carbocycles. The Bertz CT molecular complexity index is 126. The number of rotatable bonds is 4. The molecule has 0 bridgehead atoms. The summed E-state index contributed by atoms with van der Waals surface area (Å²) in [4.78, 5) is 2.39. The maximum absolute atomic E-state index is 9.04. The maximum atomic E-state index is 9.04. The Hall–Kier alpha value is -0.0800. The number of aliphatic hydroxyl groups is 1. The van der Waals surface area contributed by atoms with Gasteiger partial charge in [0.15, 0.2) is 0 Å². The first kappa shape index (κ1) is 10.0. The highest BCUT2D eigenvalue weighted by atomic mass is 16.3. The average Bonchev–Trinajstić information content (AvgIpc) is 1.94. The van der Waals surface area contributed by atoms with Crippen LogP contribution in [0.4, 0.5) is 0 Å². The second-order valence-electron chi connectivity index (χ2n) is 4.20. The zero-order valence-electron chi connectivity index (χ0n) is 8.45. The molecule has 0 aliphatic carbocycles. The van der Waals surface area contributed by atoms with E-state index in [4.69, 9.17) is 5.11 Å². The molecule has 2 nitrogen and oxygen atoms in total. The van der Waals surface area contributed by atoms with E-state index in [-0.39, 0.29) is 0 Å². The molecule has 12 heavy (non-hydrogen) atoms. The van der Waals surface area contributed by atoms with Crippen molar-refractivity contribution >= 4 is 0 Å². The first-order valence-corrected chi connectivity index (χ1v) is 5.04. The van der Waals surface area contributed by atoms with Crippen LogP contribution in [-0.4, -0.2) is 35.7 Å².